The Kier molecular flexibility index (Phi) is 19.2. The van der Waals surface area contributed by atoms with Gasteiger partial charge in [0.25, 0.3) is 0 Å². The second-order valence-corrected chi connectivity index (χ2v) is 6.83. The number of aliphatic hydroxyl groups is 1. The number of aromatic nitrogens is 3. The van der Waals surface area contributed by atoms with Gasteiger partial charge in [-0.25, -0.2) is 4.98 Å². The largest absolute Gasteiger partial charge is 0.394 e. The molecule has 0 bridgehead atoms. The van der Waals surface area contributed by atoms with Crippen molar-refractivity contribution in [3.8, 4) is 0 Å². The molecule has 2 heterocycles. The number of pyridine rings is 1. The van der Waals surface area contributed by atoms with Crippen molar-refractivity contribution in [2.24, 2.45) is 10.9 Å². The Hall–Kier alpha value is -2.54. The molecule has 0 spiro atoms. The van der Waals surface area contributed by atoms with Crippen LogP contribution in [-0.4, -0.2) is 39.4 Å². The minimum atomic E-state index is -0.0828. The zero-order valence-electron chi connectivity index (χ0n) is 21.0. The summed E-state index contributed by atoms with van der Waals surface area (Å²) in [7, 11) is 0. The van der Waals surface area contributed by atoms with E-state index in [2.05, 4.69) is 58.1 Å². The molecule has 0 aliphatic rings. The van der Waals surface area contributed by atoms with E-state index in [4.69, 9.17) is 0 Å². The first-order valence-corrected chi connectivity index (χ1v) is 11.3. The van der Waals surface area contributed by atoms with E-state index in [-0.39, 0.29) is 12.6 Å². The van der Waals surface area contributed by atoms with Gasteiger partial charge in [0.1, 0.15) is 5.69 Å². The van der Waals surface area contributed by atoms with Crippen molar-refractivity contribution in [1.82, 2.24) is 15.0 Å². The number of aliphatic hydroxyl groups excluding tert-OH is 1. The van der Waals surface area contributed by atoms with Gasteiger partial charge in [-0.15, -0.1) is 0 Å². The molecule has 2 aromatic heterocycles. The van der Waals surface area contributed by atoms with Crippen molar-refractivity contribution < 1.29 is 5.11 Å². The predicted octanol–water partition coefficient (Wildman–Crippen LogP) is 6.02. The van der Waals surface area contributed by atoms with Crippen LogP contribution in [0.25, 0.3) is 0 Å². The highest BCUT2D eigenvalue weighted by atomic mass is 16.3. The topological polar surface area (TPSA) is 95.3 Å². The molecule has 176 valence electrons. The molecule has 0 aliphatic heterocycles. The summed E-state index contributed by atoms with van der Waals surface area (Å²) in [6, 6.07) is 5.65. The van der Waals surface area contributed by atoms with Gasteiger partial charge in [-0.05, 0) is 38.1 Å². The van der Waals surface area contributed by atoms with Crippen LogP contribution in [0, 0.1) is 12.8 Å². The monoisotopic (exact) mass is 432 g/mol. The minimum Gasteiger partial charge on any atom is -0.394 e. The highest BCUT2D eigenvalue weighted by Crippen LogP contribution is 2.27. The van der Waals surface area contributed by atoms with E-state index in [9.17, 15) is 5.11 Å². The van der Waals surface area contributed by atoms with Gasteiger partial charge in [0.05, 0.1) is 30.6 Å². The Morgan fingerprint density at radius 3 is 2.16 bits per heavy atom. The first-order valence-electron chi connectivity index (χ1n) is 11.3. The molecule has 1 unspecified atom stereocenters. The van der Waals surface area contributed by atoms with Crippen molar-refractivity contribution in [1.29, 1.82) is 0 Å². The van der Waals surface area contributed by atoms with Crippen molar-refractivity contribution >= 4 is 24.2 Å². The molecule has 7 nitrogen and oxygen atoms in total. The van der Waals surface area contributed by atoms with Gasteiger partial charge in [0.15, 0.2) is 5.82 Å². The van der Waals surface area contributed by atoms with E-state index < -0.39 is 0 Å². The first kappa shape index (κ1) is 30.7. The molecular formula is C24H44N6O. The summed E-state index contributed by atoms with van der Waals surface area (Å²) in [5, 5.41) is 15.6. The lowest BCUT2D eigenvalue weighted by atomic mass is 10.2. The Morgan fingerprint density at radius 1 is 1.10 bits per heavy atom. The molecule has 31 heavy (non-hydrogen) atoms. The molecule has 2 rings (SSSR count). The average molecular weight is 433 g/mol. The molecule has 7 heteroatoms. The molecule has 0 fully saturated rings. The molecule has 3 N–H and O–H groups in total. The summed E-state index contributed by atoms with van der Waals surface area (Å²) in [4.78, 5) is 17.1. The van der Waals surface area contributed by atoms with Crippen molar-refractivity contribution in [3.63, 3.8) is 0 Å². The minimum absolute atomic E-state index is 0.0249. The van der Waals surface area contributed by atoms with E-state index in [0.717, 1.165) is 18.0 Å². The van der Waals surface area contributed by atoms with E-state index in [0.29, 0.717) is 29.7 Å². The van der Waals surface area contributed by atoms with Crippen LogP contribution in [0.5, 0.6) is 0 Å². The Labute approximate surface area is 189 Å². The number of hydrogen-bond acceptors (Lipinski definition) is 7. The zero-order valence-corrected chi connectivity index (χ0v) is 21.0. The zero-order chi connectivity index (χ0) is 24.2. The van der Waals surface area contributed by atoms with E-state index in [1.807, 2.05) is 59.7 Å². The summed E-state index contributed by atoms with van der Waals surface area (Å²) >= 11 is 0. The fraction of sp³-hybridized carbons (Fsp3) is 0.583. The SMILES string of the molecule is C=Nc1c(C)nc(NC(CC)CO)nc1NCc1ccccn1.CC.CC.CC(C)C. The van der Waals surface area contributed by atoms with Crippen LogP contribution in [0.1, 0.15) is 73.2 Å². The van der Waals surface area contributed by atoms with Crippen molar-refractivity contribution in [3.05, 3.63) is 35.8 Å². The van der Waals surface area contributed by atoms with Gasteiger partial charge >= 0.3 is 0 Å². The lowest BCUT2D eigenvalue weighted by molar-refractivity contribution is 0.271. The number of aryl methyl sites for hydroxylation is 1. The standard InChI is InChI=1S/C16H22N6O.C4H10.2C2H6/c1-4-12(10-23)21-16-20-11(2)14(17-3)15(22-16)19-9-13-7-5-6-8-18-13;1-4(2)3;2*1-2/h5-8,12,23H,3-4,9-10H2,1-2H3,(H2,19,20,21,22);4H,1-3H3;2*1-2H3. The average Bonchev–Trinajstić information content (AvgIpc) is 2.79. The molecule has 0 aromatic carbocycles. The van der Waals surface area contributed by atoms with Gasteiger partial charge in [-0.2, -0.15) is 4.98 Å². The van der Waals surface area contributed by atoms with Gasteiger partial charge in [0, 0.05) is 6.20 Å². The smallest absolute Gasteiger partial charge is 0.225 e. The molecular weight excluding hydrogens is 388 g/mol. The van der Waals surface area contributed by atoms with Crippen LogP contribution in [-0.2, 0) is 6.54 Å². The molecule has 2 aromatic rings. The summed E-state index contributed by atoms with van der Waals surface area (Å²) in [5.41, 5.74) is 2.23. The summed E-state index contributed by atoms with van der Waals surface area (Å²) in [5.74, 6) is 1.88. The maximum absolute atomic E-state index is 9.31. The Bertz CT molecular complexity index is 685. The van der Waals surface area contributed by atoms with E-state index >= 15 is 0 Å². The summed E-state index contributed by atoms with van der Waals surface area (Å²) in [6.45, 7) is 22.5. The third-order valence-electron chi connectivity index (χ3n) is 3.43. The lowest BCUT2D eigenvalue weighted by Crippen LogP contribution is -2.24. The maximum atomic E-state index is 9.31. The van der Waals surface area contributed by atoms with Gasteiger partial charge in [-0.3, -0.25) is 9.98 Å². The quantitative estimate of drug-likeness (QED) is 0.441. The fourth-order valence-corrected chi connectivity index (χ4v) is 2.08. The normalized spacial score (nSPS) is 10.3. The number of aliphatic imine (C=N–C) groups is 1. The van der Waals surface area contributed by atoms with E-state index in [1.54, 1.807) is 6.20 Å². The molecule has 0 aliphatic carbocycles. The number of anilines is 2. The van der Waals surface area contributed by atoms with Crippen LogP contribution in [0.3, 0.4) is 0 Å². The highest BCUT2D eigenvalue weighted by molar-refractivity contribution is 5.67. The van der Waals surface area contributed by atoms with Crippen LogP contribution < -0.4 is 10.6 Å². The number of rotatable bonds is 8. The number of nitrogens with zero attached hydrogens (tertiary/aromatic N) is 4. The highest BCUT2D eigenvalue weighted by Gasteiger charge is 2.13. The van der Waals surface area contributed by atoms with Gasteiger partial charge in [0.2, 0.25) is 5.95 Å². The predicted molar refractivity (Wildman–Crippen MR) is 136 cm³/mol. The van der Waals surface area contributed by atoms with Crippen LogP contribution >= 0.6 is 0 Å². The van der Waals surface area contributed by atoms with Crippen molar-refractivity contribution in [2.45, 2.75) is 81.3 Å². The molecule has 1 atom stereocenters. The molecule has 0 radical (unpaired) electrons. The summed E-state index contributed by atoms with van der Waals surface area (Å²) in [6.07, 6.45) is 2.52. The van der Waals surface area contributed by atoms with Crippen molar-refractivity contribution in [2.75, 3.05) is 17.2 Å². The second-order valence-electron chi connectivity index (χ2n) is 6.83. The lowest BCUT2D eigenvalue weighted by Gasteiger charge is -2.16. The first-order chi connectivity index (χ1) is 14.9. The second kappa shape index (κ2) is 19.4. The maximum Gasteiger partial charge on any atom is 0.225 e. The van der Waals surface area contributed by atoms with Gasteiger partial charge in [-0.1, -0.05) is 61.5 Å². The number of hydrogen-bond donors (Lipinski definition) is 3. The molecule has 0 amide bonds. The molecule has 0 saturated carbocycles. The summed E-state index contributed by atoms with van der Waals surface area (Å²) < 4.78 is 0. The number of nitrogens with one attached hydrogen (secondary N) is 2. The van der Waals surface area contributed by atoms with Gasteiger partial charge < -0.3 is 15.7 Å². The Morgan fingerprint density at radius 2 is 1.71 bits per heavy atom. The third-order valence-corrected chi connectivity index (χ3v) is 3.43. The van der Waals surface area contributed by atoms with Crippen LogP contribution in [0.15, 0.2) is 29.4 Å². The van der Waals surface area contributed by atoms with E-state index in [1.165, 1.54) is 0 Å². The Balaban J connectivity index is 0. The molecule has 0 saturated heterocycles. The fourth-order valence-electron chi connectivity index (χ4n) is 2.08. The third kappa shape index (κ3) is 13.4. The van der Waals surface area contributed by atoms with Crippen LogP contribution in [0.4, 0.5) is 17.5 Å². The van der Waals surface area contributed by atoms with Crippen LogP contribution in [0.2, 0.25) is 0 Å².